The monoisotopic (exact) mass is 282 g/mol. The average molecular weight is 282 g/mol. The maximum Gasteiger partial charge on any atom is 0.215 e. The quantitative estimate of drug-likeness (QED) is 0.487. The summed E-state index contributed by atoms with van der Waals surface area (Å²) >= 11 is 0. The summed E-state index contributed by atoms with van der Waals surface area (Å²) in [6.07, 6.45) is 1.30. The Morgan fingerprint density at radius 3 is 2.53 bits per heavy atom. The first-order valence-corrected chi connectivity index (χ1v) is 7.58. The van der Waals surface area contributed by atoms with E-state index in [1.807, 2.05) is 0 Å². The Balaban J connectivity index is 2.42. The molecule has 19 heavy (non-hydrogen) atoms. The highest BCUT2D eigenvalue weighted by atomic mass is 32.2. The van der Waals surface area contributed by atoms with Crippen molar-refractivity contribution in [3.05, 3.63) is 29.8 Å². The lowest BCUT2D eigenvalue weighted by Crippen LogP contribution is -2.22. The minimum absolute atomic E-state index is 0.0284. The number of nitrogens with one attached hydrogen (secondary N) is 3. The molecule has 1 rings (SSSR count). The fourth-order valence-electron chi connectivity index (χ4n) is 1.40. The van der Waals surface area contributed by atoms with E-state index in [2.05, 4.69) is 21.6 Å². The van der Waals surface area contributed by atoms with Gasteiger partial charge in [0.05, 0.1) is 11.8 Å². The summed E-state index contributed by atoms with van der Waals surface area (Å²) in [5.74, 6) is -0.0284. The normalized spacial score (nSPS) is 10.9. The molecule has 6 nitrogen and oxygen atoms in total. The standard InChI is InChI=1S/C12H18N4O2S/c1-14-19(17,18)10-11-4-6-12(7-5-11)16-15-9-3-2-8-13/h4-7,14-16H,2-3,9-10H2,1H3. The van der Waals surface area contributed by atoms with Crippen LogP contribution in [0.2, 0.25) is 0 Å². The number of hydrogen-bond acceptors (Lipinski definition) is 5. The van der Waals surface area contributed by atoms with E-state index in [-0.39, 0.29) is 5.75 Å². The molecule has 104 valence electrons. The predicted molar refractivity (Wildman–Crippen MR) is 74.6 cm³/mol. The third-order valence-electron chi connectivity index (χ3n) is 2.44. The molecule has 0 amide bonds. The van der Waals surface area contributed by atoms with Gasteiger partial charge in [-0.05, 0) is 31.2 Å². The van der Waals surface area contributed by atoms with Crippen molar-refractivity contribution in [3.8, 4) is 6.07 Å². The SMILES string of the molecule is CNS(=O)(=O)Cc1ccc(NNCCCC#N)cc1. The number of nitriles is 1. The van der Waals surface area contributed by atoms with Gasteiger partial charge in [-0.25, -0.2) is 18.6 Å². The van der Waals surface area contributed by atoms with Gasteiger partial charge >= 0.3 is 0 Å². The van der Waals surface area contributed by atoms with E-state index < -0.39 is 10.0 Å². The minimum atomic E-state index is -3.23. The number of rotatable bonds is 8. The molecular formula is C12H18N4O2S. The molecule has 1 aromatic carbocycles. The Labute approximate surface area is 113 Å². The lowest BCUT2D eigenvalue weighted by atomic mass is 10.2. The summed E-state index contributed by atoms with van der Waals surface area (Å²) in [6, 6.07) is 9.19. The minimum Gasteiger partial charge on any atom is -0.322 e. The van der Waals surface area contributed by atoms with E-state index in [1.54, 1.807) is 24.3 Å². The van der Waals surface area contributed by atoms with Gasteiger partial charge < -0.3 is 5.43 Å². The Morgan fingerprint density at radius 2 is 1.95 bits per heavy atom. The third-order valence-corrected chi connectivity index (χ3v) is 3.78. The van der Waals surface area contributed by atoms with Gasteiger partial charge in [0.1, 0.15) is 0 Å². The van der Waals surface area contributed by atoms with E-state index in [1.165, 1.54) is 7.05 Å². The summed E-state index contributed by atoms with van der Waals surface area (Å²) in [5.41, 5.74) is 7.54. The molecule has 0 aliphatic rings. The largest absolute Gasteiger partial charge is 0.322 e. The van der Waals surface area contributed by atoms with Gasteiger partial charge in [0.25, 0.3) is 0 Å². The van der Waals surface area contributed by atoms with Gasteiger partial charge in [-0.15, -0.1) is 0 Å². The first kappa shape index (κ1) is 15.4. The van der Waals surface area contributed by atoms with Crippen molar-refractivity contribution in [3.63, 3.8) is 0 Å². The molecule has 0 heterocycles. The lowest BCUT2D eigenvalue weighted by Gasteiger charge is -2.08. The van der Waals surface area contributed by atoms with Gasteiger partial charge in [0.15, 0.2) is 0 Å². The van der Waals surface area contributed by atoms with Crippen LogP contribution in [0, 0.1) is 11.3 Å². The zero-order valence-corrected chi connectivity index (χ0v) is 11.6. The summed E-state index contributed by atoms with van der Waals surface area (Å²) in [5, 5.41) is 8.37. The predicted octanol–water partition coefficient (Wildman–Crippen LogP) is 0.956. The first-order chi connectivity index (χ1) is 9.07. The maximum atomic E-state index is 11.4. The van der Waals surface area contributed by atoms with Gasteiger partial charge in [-0.1, -0.05) is 12.1 Å². The highest BCUT2D eigenvalue weighted by molar-refractivity contribution is 7.88. The lowest BCUT2D eigenvalue weighted by molar-refractivity contribution is 0.587. The van der Waals surface area contributed by atoms with Crippen LogP contribution in [-0.2, 0) is 15.8 Å². The van der Waals surface area contributed by atoms with Crippen molar-refractivity contribution in [2.75, 3.05) is 19.0 Å². The van der Waals surface area contributed by atoms with Gasteiger partial charge in [-0.3, -0.25) is 0 Å². The smallest absolute Gasteiger partial charge is 0.215 e. The third kappa shape index (κ3) is 6.20. The molecule has 0 unspecified atom stereocenters. The highest BCUT2D eigenvalue weighted by Gasteiger charge is 2.07. The Morgan fingerprint density at radius 1 is 1.26 bits per heavy atom. The molecule has 0 aromatic heterocycles. The molecule has 0 aliphatic carbocycles. The molecular weight excluding hydrogens is 264 g/mol. The van der Waals surface area contributed by atoms with Crippen LogP contribution >= 0.6 is 0 Å². The fourth-order valence-corrected chi connectivity index (χ4v) is 2.17. The molecule has 3 N–H and O–H groups in total. The van der Waals surface area contributed by atoms with Crippen LogP contribution in [0.5, 0.6) is 0 Å². The molecule has 0 aliphatic heterocycles. The van der Waals surface area contributed by atoms with Crippen molar-refractivity contribution < 1.29 is 8.42 Å². The number of anilines is 1. The molecule has 0 bridgehead atoms. The molecule has 1 aromatic rings. The molecule has 0 radical (unpaired) electrons. The zero-order valence-electron chi connectivity index (χ0n) is 10.8. The van der Waals surface area contributed by atoms with E-state index >= 15 is 0 Å². The van der Waals surface area contributed by atoms with Crippen molar-refractivity contribution in [1.29, 1.82) is 5.26 Å². The zero-order chi connectivity index (χ0) is 14.1. The van der Waals surface area contributed by atoms with Gasteiger partial charge in [-0.2, -0.15) is 5.26 Å². The van der Waals surface area contributed by atoms with Crippen LogP contribution < -0.4 is 15.6 Å². The second-order valence-corrected chi connectivity index (χ2v) is 5.90. The van der Waals surface area contributed by atoms with E-state index in [0.717, 1.165) is 17.7 Å². The van der Waals surface area contributed by atoms with Crippen LogP contribution in [0.1, 0.15) is 18.4 Å². The van der Waals surface area contributed by atoms with E-state index in [4.69, 9.17) is 5.26 Å². The van der Waals surface area contributed by atoms with Crippen molar-refractivity contribution in [2.45, 2.75) is 18.6 Å². The summed E-state index contributed by atoms with van der Waals surface area (Å²) in [6.45, 7) is 0.698. The number of unbranched alkanes of at least 4 members (excludes halogenated alkanes) is 1. The first-order valence-electron chi connectivity index (χ1n) is 5.93. The highest BCUT2D eigenvalue weighted by Crippen LogP contribution is 2.10. The molecule has 0 atom stereocenters. The molecule has 7 heteroatoms. The number of sulfonamides is 1. The molecule has 0 spiro atoms. The average Bonchev–Trinajstić information content (AvgIpc) is 2.40. The van der Waals surface area contributed by atoms with Gasteiger partial charge in [0, 0.05) is 18.7 Å². The number of hydrogen-bond donors (Lipinski definition) is 3. The van der Waals surface area contributed by atoms with Crippen molar-refractivity contribution in [1.82, 2.24) is 10.1 Å². The fraction of sp³-hybridized carbons (Fsp3) is 0.417. The second kappa shape index (κ2) is 7.74. The topological polar surface area (TPSA) is 94.0 Å². The molecule has 0 fully saturated rings. The molecule has 0 saturated heterocycles. The Kier molecular flexibility index (Phi) is 6.29. The van der Waals surface area contributed by atoms with Crippen LogP contribution in [0.4, 0.5) is 5.69 Å². The molecule has 0 saturated carbocycles. The van der Waals surface area contributed by atoms with Crippen LogP contribution in [0.3, 0.4) is 0 Å². The number of benzene rings is 1. The van der Waals surface area contributed by atoms with Crippen molar-refractivity contribution in [2.24, 2.45) is 0 Å². The Bertz CT molecular complexity index is 520. The van der Waals surface area contributed by atoms with Crippen molar-refractivity contribution >= 4 is 15.7 Å². The van der Waals surface area contributed by atoms with Crippen LogP contribution in [0.15, 0.2) is 24.3 Å². The van der Waals surface area contributed by atoms with Gasteiger partial charge in [0.2, 0.25) is 10.0 Å². The Hall–Kier alpha value is -1.62. The van der Waals surface area contributed by atoms with E-state index in [9.17, 15) is 8.42 Å². The number of hydrazine groups is 1. The van der Waals surface area contributed by atoms with Crippen LogP contribution in [0.25, 0.3) is 0 Å². The summed E-state index contributed by atoms with van der Waals surface area (Å²) < 4.78 is 25.0. The maximum absolute atomic E-state index is 11.4. The second-order valence-electron chi connectivity index (χ2n) is 3.97. The summed E-state index contributed by atoms with van der Waals surface area (Å²) in [7, 11) is -1.83. The van der Waals surface area contributed by atoms with Crippen LogP contribution in [-0.4, -0.2) is 22.0 Å². The summed E-state index contributed by atoms with van der Waals surface area (Å²) in [4.78, 5) is 0. The number of nitrogens with zero attached hydrogens (tertiary/aromatic N) is 1. The van der Waals surface area contributed by atoms with E-state index in [0.29, 0.717) is 13.0 Å².